The third kappa shape index (κ3) is 2.50. The highest BCUT2D eigenvalue weighted by Crippen LogP contribution is 2.35. The highest BCUT2D eigenvalue weighted by molar-refractivity contribution is 7.10. The van der Waals surface area contributed by atoms with Crippen LogP contribution in [0.3, 0.4) is 0 Å². The predicted octanol–water partition coefficient (Wildman–Crippen LogP) is 3.67. The highest BCUT2D eigenvalue weighted by atomic mass is 32.1. The number of likely N-dealkylation sites (tertiary alicyclic amines) is 1. The lowest BCUT2D eigenvalue weighted by molar-refractivity contribution is 0.0727. The molecule has 0 N–H and O–H groups in total. The fraction of sp³-hybridized carbons (Fsp3) is 0.467. The molecule has 20 heavy (non-hydrogen) atoms. The van der Waals surface area contributed by atoms with E-state index in [2.05, 4.69) is 23.5 Å². The van der Waals surface area contributed by atoms with Crippen molar-refractivity contribution < 1.29 is 9.32 Å². The monoisotopic (exact) mass is 290 g/mol. The van der Waals surface area contributed by atoms with E-state index in [1.165, 1.54) is 4.88 Å². The van der Waals surface area contributed by atoms with Crippen LogP contribution in [0.2, 0.25) is 0 Å². The summed E-state index contributed by atoms with van der Waals surface area (Å²) in [7, 11) is 0. The van der Waals surface area contributed by atoms with Crippen molar-refractivity contribution in [2.75, 3.05) is 6.54 Å². The van der Waals surface area contributed by atoms with Gasteiger partial charge >= 0.3 is 0 Å². The molecule has 5 heteroatoms. The van der Waals surface area contributed by atoms with Crippen molar-refractivity contribution >= 4 is 17.2 Å². The molecule has 0 spiro atoms. The molecular weight excluding hydrogens is 272 g/mol. The van der Waals surface area contributed by atoms with Crippen LogP contribution in [0.15, 0.2) is 28.1 Å². The van der Waals surface area contributed by atoms with Crippen molar-refractivity contribution in [2.24, 2.45) is 0 Å². The van der Waals surface area contributed by atoms with E-state index < -0.39 is 0 Å². The number of hydrogen-bond acceptors (Lipinski definition) is 4. The van der Waals surface area contributed by atoms with Gasteiger partial charge in [-0.3, -0.25) is 4.79 Å². The summed E-state index contributed by atoms with van der Waals surface area (Å²) >= 11 is 1.71. The van der Waals surface area contributed by atoms with E-state index in [-0.39, 0.29) is 11.9 Å². The van der Waals surface area contributed by atoms with Gasteiger partial charge in [0.15, 0.2) is 5.69 Å². The van der Waals surface area contributed by atoms with Gasteiger partial charge in [-0.05, 0) is 30.7 Å². The molecule has 3 rings (SSSR count). The Bertz CT molecular complexity index is 576. The van der Waals surface area contributed by atoms with Crippen molar-refractivity contribution in [3.05, 3.63) is 39.9 Å². The first-order valence-electron chi connectivity index (χ1n) is 7.09. The Kier molecular flexibility index (Phi) is 3.87. The Labute approximate surface area is 122 Å². The molecule has 0 radical (unpaired) electrons. The fourth-order valence-electron chi connectivity index (χ4n) is 2.71. The van der Waals surface area contributed by atoms with Crippen LogP contribution in [0, 0.1) is 0 Å². The van der Waals surface area contributed by atoms with Gasteiger partial charge in [-0.2, -0.15) is 0 Å². The lowest BCUT2D eigenvalue weighted by Crippen LogP contribution is -2.30. The van der Waals surface area contributed by atoms with Crippen molar-refractivity contribution in [3.8, 4) is 0 Å². The summed E-state index contributed by atoms with van der Waals surface area (Å²) in [4.78, 5) is 15.8. The van der Waals surface area contributed by atoms with E-state index >= 15 is 0 Å². The molecule has 1 atom stereocenters. The number of aromatic nitrogens is 1. The van der Waals surface area contributed by atoms with Gasteiger partial charge in [0.05, 0.1) is 6.04 Å². The first-order valence-corrected chi connectivity index (χ1v) is 7.97. The zero-order valence-electron chi connectivity index (χ0n) is 11.5. The van der Waals surface area contributed by atoms with Crippen LogP contribution in [0.5, 0.6) is 0 Å². The summed E-state index contributed by atoms with van der Waals surface area (Å²) in [5.74, 6) is 0.787. The molecule has 0 aliphatic carbocycles. The largest absolute Gasteiger partial charge is 0.361 e. The van der Waals surface area contributed by atoms with Crippen molar-refractivity contribution in [3.63, 3.8) is 0 Å². The van der Waals surface area contributed by atoms with Gasteiger partial charge in [0.25, 0.3) is 5.91 Å². The number of aryl methyl sites for hydroxylation is 1. The lowest BCUT2D eigenvalue weighted by atomic mass is 10.2. The van der Waals surface area contributed by atoms with Crippen molar-refractivity contribution in [2.45, 2.75) is 38.6 Å². The summed E-state index contributed by atoms with van der Waals surface area (Å²) < 4.78 is 5.22. The lowest BCUT2D eigenvalue weighted by Gasteiger charge is -2.22. The molecular formula is C15H18N2O2S. The van der Waals surface area contributed by atoms with Gasteiger partial charge in [0.1, 0.15) is 5.76 Å². The third-order valence-electron chi connectivity index (χ3n) is 3.66. The molecule has 0 bridgehead atoms. The molecule has 106 valence electrons. The summed E-state index contributed by atoms with van der Waals surface area (Å²) in [5, 5.41) is 5.99. The van der Waals surface area contributed by atoms with Gasteiger partial charge in [-0.1, -0.05) is 18.1 Å². The SMILES string of the molecule is CCCc1cc(C(=O)N2CCCC2c2cccs2)no1. The number of hydrogen-bond donors (Lipinski definition) is 0. The fourth-order valence-corrected chi connectivity index (χ4v) is 3.59. The van der Waals surface area contributed by atoms with Crippen LogP contribution >= 0.6 is 11.3 Å². The molecule has 0 aromatic carbocycles. The number of nitrogens with zero attached hydrogens (tertiary/aromatic N) is 2. The molecule has 1 aliphatic heterocycles. The van der Waals surface area contributed by atoms with Crippen LogP contribution < -0.4 is 0 Å². The Hall–Kier alpha value is -1.62. The predicted molar refractivity (Wildman–Crippen MR) is 77.8 cm³/mol. The second-order valence-corrected chi connectivity index (χ2v) is 6.08. The Morgan fingerprint density at radius 3 is 3.25 bits per heavy atom. The molecule has 2 aromatic rings. The van der Waals surface area contributed by atoms with E-state index in [0.717, 1.165) is 38.0 Å². The van der Waals surface area contributed by atoms with Crippen LogP contribution in [0.4, 0.5) is 0 Å². The maximum Gasteiger partial charge on any atom is 0.276 e. The van der Waals surface area contributed by atoms with Gasteiger partial charge in [0.2, 0.25) is 0 Å². The molecule has 3 heterocycles. The molecule has 1 amide bonds. The molecule has 4 nitrogen and oxygen atoms in total. The number of carbonyl (C=O) groups excluding carboxylic acids is 1. The number of amides is 1. The van der Waals surface area contributed by atoms with Gasteiger partial charge in [-0.15, -0.1) is 11.3 Å². The average molecular weight is 290 g/mol. The Morgan fingerprint density at radius 2 is 2.50 bits per heavy atom. The second-order valence-electron chi connectivity index (χ2n) is 5.10. The third-order valence-corrected chi connectivity index (χ3v) is 4.63. The number of rotatable bonds is 4. The Balaban J connectivity index is 1.78. The minimum absolute atomic E-state index is 0.00740. The zero-order chi connectivity index (χ0) is 13.9. The quantitative estimate of drug-likeness (QED) is 0.863. The summed E-state index contributed by atoms with van der Waals surface area (Å²) in [5.41, 5.74) is 0.442. The minimum Gasteiger partial charge on any atom is -0.361 e. The molecule has 0 saturated carbocycles. The molecule has 1 fully saturated rings. The minimum atomic E-state index is -0.00740. The van der Waals surface area contributed by atoms with Crippen LogP contribution in [0.25, 0.3) is 0 Å². The molecule has 2 aromatic heterocycles. The zero-order valence-corrected chi connectivity index (χ0v) is 12.4. The standard InChI is InChI=1S/C15H18N2O2S/c1-2-5-11-10-12(16-19-11)15(18)17-8-3-6-13(17)14-7-4-9-20-14/h4,7,9-10,13H,2-3,5-6,8H2,1H3. The molecule has 1 saturated heterocycles. The van der Waals surface area contributed by atoms with E-state index in [1.807, 2.05) is 11.0 Å². The van der Waals surface area contributed by atoms with Crippen LogP contribution in [-0.4, -0.2) is 22.5 Å². The number of carbonyl (C=O) groups is 1. The van der Waals surface area contributed by atoms with Crippen LogP contribution in [0.1, 0.15) is 53.4 Å². The Morgan fingerprint density at radius 1 is 1.60 bits per heavy atom. The van der Waals surface area contributed by atoms with Gasteiger partial charge < -0.3 is 9.42 Å². The number of thiophene rings is 1. The maximum atomic E-state index is 12.6. The summed E-state index contributed by atoms with van der Waals surface area (Å²) in [6, 6.07) is 6.13. The first kappa shape index (κ1) is 13.4. The maximum absolute atomic E-state index is 12.6. The van der Waals surface area contributed by atoms with Crippen molar-refractivity contribution in [1.29, 1.82) is 0 Å². The van der Waals surface area contributed by atoms with Gasteiger partial charge in [-0.25, -0.2) is 0 Å². The normalized spacial score (nSPS) is 18.6. The summed E-state index contributed by atoms with van der Waals surface area (Å²) in [6.07, 6.45) is 3.90. The molecule has 1 unspecified atom stereocenters. The van der Waals surface area contributed by atoms with Gasteiger partial charge in [0, 0.05) is 23.9 Å². The second kappa shape index (κ2) is 5.79. The van der Waals surface area contributed by atoms with Crippen LogP contribution in [-0.2, 0) is 6.42 Å². The first-order chi connectivity index (χ1) is 9.79. The topological polar surface area (TPSA) is 46.3 Å². The van der Waals surface area contributed by atoms with E-state index in [4.69, 9.17) is 4.52 Å². The van der Waals surface area contributed by atoms with E-state index in [9.17, 15) is 4.79 Å². The van der Waals surface area contributed by atoms with Crippen molar-refractivity contribution in [1.82, 2.24) is 10.1 Å². The average Bonchev–Trinajstić information content (AvgIpc) is 3.19. The van der Waals surface area contributed by atoms with E-state index in [0.29, 0.717) is 5.69 Å². The smallest absolute Gasteiger partial charge is 0.276 e. The highest BCUT2D eigenvalue weighted by Gasteiger charge is 2.32. The summed E-state index contributed by atoms with van der Waals surface area (Å²) in [6.45, 7) is 2.88. The van der Waals surface area contributed by atoms with E-state index in [1.54, 1.807) is 17.4 Å². The molecule has 1 aliphatic rings.